The number of sulfonamides is 1. The molecule has 0 aromatic heterocycles. The lowest BCUT2D eigenvalue weighted by Gasteiger charge is -2.36. The van der Waals surface area contributed by atoms with E-state index in [1.807, 2.05) is 44.2 Å². The van der Waals surface area contributed by atoms with E-state index in [1.165, 1.54) is 16.4 Å². The summed E-state index contributed by atoms with van der Waals surface area (Å²) in [6, 6.07) is 13.1. The number of rotatable bonds is 16. The van der Waals surface area contributed by atoms with Gasteiger partial charge in [-0.3, -0.25) is 0 Å². The summed E-state index contributed by atoms with van der Waals surface area (Å²) in [5.74, 6) is 0.830. The second-order valence-electron chi connectivity index (χ2n) is 16.1. The van der Waals surface area contributed by atoms with Crippen LogP contribution in [0.25, 0.3) is 0 Å². The van der Waals surface area contributed by atoms with Crippen LogP contribution in [0.15, 0.2) is 53.4 Å². The van der Waals surface area contributed by atoms with Gasteiger partial charge in [-0.25, -0.2) is 13.2 Å². The number of nitrogens with zero attached hydrogens (tertiary/aromatic N) is 1. The van der Waals surface area contributed by atoms with Crippen molar-refractivity contribution in [3.63, 3.8) is 0 Å². The molecule has 10 nitrogen and oxygen atoms in total. The van der Waals surface area contributed by atoms with Gasteiger partial charge in [0.1, 0.15) is 5.60 Å². The molecule has 0 spiro atoms. The maximum absolute atomic E-state index is 14.3. The third-order valence-electron chi connectivity index (χ3n) is 8.96. The molecule has 0 radical (unpaired) electrons. The number of carbonyl (C=O) groups is 1. The minimum absolute atomic E-state index is 0.0188. The van der Waals surface area contributed by atoms with Gasteiger partial charge in [-0.05, 0) is 81.3 Å². The van der Waals surface area contributed by atoms with Gasteiger partial charge >= 0.3 is 6.09 Å². The third kappa shape index (κ3) is 11.8. The molecule has 1 aliphatic heterocycles. The van der Waals surface area contributed by atoms with Crippen LogP contribution in [0, 0.1) is 5.41 Å². The number of hydrogen-bond acceptors (Lipinski definition) is 8. The Morgan fingerprint density at radius 1 is 0.979 bits per heavy atom. The van der Waals surface area contributed by atoms with Gasteiger partial charge in [0.2, 0.25) is 16.8 Å². The predicted molar refractivity (Wildman–Crippen MR) is 191 cm³/mol. The van der Waals surface area contributed by atoms with Crippen LogP contribution in [0.4, 0.5) is 4.79 Å². The summed E-state index contributed by atoms with van der Waals surface area (Å²) >= 11 is 0. The zero-order valence-corrected chi connectivity index (χ0v) is 32.4. The van der Waals surface area contributed by atoms with Crippen molar-refractivity contribution in [2.75, 3.05) is 26.5 Å². The first-order valence-corrected chi connectivity index (χ1v) is 21.2. The summed E-state index contributed by atoms with van der Waals surface area (Å²) in [6.45, 7) is 21.1. The van der Waals surface area contributed by atoms with Crippen molar-refractivity contribution in [3.05, 3.63) is 54.1 Å². The van der Waals surface area contributed by atoms with Crippen LogP contribution in [0.1, 0.15) is 80.2 Å². The first-order chi connectivity index (χ1) is 22.1. The summed E-state index contributed by atoms with van der Waals surface area (Å²) < 4.78 is 52.7. The summed E-state index contributed by atoms with van der Waals surface area (Å²) in [6.07, 6.45) is 0.811. The van der Waals surface area contributed by atoms with Crippen molar-refractivity contribution in [2.24, 2.45) is 5.41 Å². The number of benzene rings is 2. The Morgan fingerprint density at radius 2 is 1.62 bits per heavy atom. The zero-order valence-electron chi connectivity index (χ0n) is 30.6. The number of fused-ring (bicyclic) bond motifs is 1. The SMILES string of the molecule is CC(C)(CCCCO[Si](C)(C)C(C)(C)C)CN(C[C@@H](O)[C@H](Cc1ccccc1)NC(=O)OC(C)(C)C)S(=O)(=O)c1ccc2c(c1)OCO2. The number of hydrogen-bond donors (Lipinski definition) is 2. The second-order valence-corrected chi connectivity index (χ2v) is 22.8. The summed E-state index contributed by atoms with van der Waals surface area (Å²) in [4.78, 5) is 12.9. The van der Waals surface area contributed by atoms with E-state index < -0.39 is 47.6 Å². The van der Waals surface area contributed by atoms with Gasteiger partial charge in [-0.1, -0.05) is 71.4 Å². The van der Waals surface area contributed by atoms with Crippen LogP contribution in [0.3, 0.4) is 0 Å². The van der Waals surface area contributed by atoms with Crippen molar-refractivity contribution in [2.45, 2.75) is 122 Å². The van der Waals surface area contributed by atoms with Crippen LogP contribution in [-0.2, 0) is 25.6 Å². The maximum atomic E-state index is 14.3. The van der Waals surface area contributed by atoms with E-state index in [-0.39, 0.29) is 36.2 Å². The fraction of sp³-hybridized carbons (Fsp3) is 0.639. The van der Waals surface area contributed by atoms with E-state index in [0.29, 0.717) is 18.1 Å². The fourth-order valence-electron chi connectivity index (χ4n) is 5.19. The average molecular weight is 707 g/mol. The first-order valence-electron chi connectivity index (χ1n) is 16.8. The zero-order chi connectivity index (χ0) is 36.0. The topological polar surface area (TPSA) is 124 Å². The molecule has 0 fully saturated rings. The first kappa shape index (κ1) is 39.8. The molecule has 270 valence electrons. The Bertz CT molecular complexity index is 1450. The van der Waals surface area contributed by atoms with Gasteiger partial charge in [0.05, 0.1) is 17.0 Å². The largest absolute Gasteiger partial charge is 0.454 e. The lowest BCUT2D eigenvalue weighted by atomic mass is 9.87. The Hall–Kier alpha value is -2.64. The van der Waals surface area contributed by atoms with E-state index in [1.54, 1.807) is 26.8 Å². The molecule has 0 bridgehead atoms. The predicted octanol–water partition coefficient (Wildman–Crippen LogP) is 7.12. The highest BCUT2D eigenvalue weighted by molar-refractivity contribution is 7.89. The molecule has 0 unspecified atom stereocenters. The van der Waals surface area contributed by atoms with Crippen LogP contribution in [-0.4, -0.2) is 76.5 Å². The van der Waals surface area contributed by atoms with E-state index in [4.69, 9.17) is 18.6 Å². The van der Waals surface area contributed by atoms with E-state index >= 15 is 0 Å². The molecule has 1 heterocycles. The highest BCUT2D eigenvalue weighted by Crippen LogP contribution is 2.38. The molecule has 2 N–H and O–H groups in total. The van der Waals surface area contributed by atoms with Gasteiger partial charge in [0, 0.05) is 25.8 Å². The minimum atomic E-state index is -4.11. The number of aliphatic hydroxyl groups excluding tert-OH is 1. The van der Waals surface area contributed by atoms with Crippen molar-refractivity contribution in [1.29, 1.82) is 0 Å². The maximum Gasteiger partial charge on any atom is 0.407 e. The van der Waals surface area contributed by atoms with Crippen LogP contribution in [0.5, 0.6) is 11.5 Å². The van der Waals surface area contributed by atoms with Gasteiger partial charge in [-0.15, -0.1) is 0 Å². The van der Waals surface area contributed by atoms with Crippen LogP contribution >= 0.6 is 0 Å². The average Bonchev–Trinajstić information content (AvgIpc) is 3.43. The quantitative estimate of drug-likeness (QED) is 0.140. The molecule has 2 atom stereocenters. The molecule has 48 heavy (non-hydrogen) atoms. The molecule has 12 heteroatoms. The van der Waals surface area contributed by atoms with Gasteiger partial charge < -0.3 is 29.1 Å². The normalized spacial score (nSPS) is 15.3. The van der Waals surface area contributed by atoms with Gasteiger partial charge in [0.25, 0.3) is 0 Å². The molecule has 2 aromatic rings. The smallest absolute Gasteiger partial charge is 0.407 e. The van der Waals surface area contributed by atoms with Crippen molar-refractivity contribution in [3.8, 4) is 11.5 Å². The fourth-order valence-corrected chi connectivity index (χ4v) is 7.94. The summed E-state index contributed by atoms with van der Waals surface area (Å²) in [5, 5.41) is 14.6. The van der Waals surface area contributed by atoms with E-state index in [2.05, 4.69) is 39.2 Å². The number of amides is 1. The summed E-state index contributed by atoms with van der Waals surface area (Å²) in [7, 11) is -5.96. The molecule has 0 saturated carbocycles. The Kier molecular flexibility index (Phi) is 13.2. The standard InChI is InChI=1S/C36H58N2O8SSi/c1-34(2,3)46-33(40)37-29(22-27-16-12-11-13-17-27)30(39)24-38(47(41,42)28-18-19-31-32(23-28)44-26-43-31)25-36(7,8)20-14-15-21-45-48(9,10)35(4,5)6/h11-13,16-19,23,29-30,39H,14-15,20-22,24-26H2,1-10H3,(H,37,40)/t29-,30+/m0/s1. The van der Waals surface area contributed by atoms with Crippen molar-refractivity contribution >= 4 is 24.4 Å². The molecule has 0 saturated heterocycles. The van der Waals surface area contributed by atoms with Gasteiger partial charge in [-0.2, -0.15) is 4.31 Å². The molecule has 1 amide bonds. The molecule has 0 aliphatic carbocycles. The molecule has 2 aromatic carbocycles. The number of unbranched alkanes of at least 4 members (excludes halogenated alkanes) is 1. The Morgan fingerprint density at radius 3 is 2.25 bits per heavy atom. The van der Waals surface area contributed by atoms with E-state index in [0.717, 1.165) is 24.8 Å². The van der Waals surface area contributed by atoms with Crippen molar-refractivity contribution < 1.29 is 37.0 Å². The number of alkyl carbamates (subject to hydrolysis) is 1. The van der Waals surface area contributed by atoms with Crippen molar-refractivity contribution in [1.82, 2.24) is 9.62 Å². The third-order valence-corrected chi connectivity index (χ3v) is 15.3. The lowest BCUT2D eigenvalue weighted by molar-refractivity contribution is 0.0391. The summed E-state index contributed by atoms with van der Waals surface area (Å²) in [5.41, 5.74) is -0.308. The number of nitrogens with one attached hydrogen (secondary N) is 1. The lowest BCUT2D eigenvalue weighted by Crippen LogP contribution is -2.52. The highest BCUT2D eigenvalue weighted by atomic mass is 32.2. The monoisotopic (exact) mass is 706 g/mol. The molecular weight excluding hydrogens is 649 g/mol. The van der Waals surface area contributed by atoms with Crippen LogP contribution < -0.4 is 14.8 Å². The second kappa shape index (κ2) is 15.9. The number of ether oxygens (including phenoxy) is 3. The number of carbonyl (C=O) groups excluding carboxylic acids is 1. The molecular formula is C36H58N2O8SSi. The molecule has 3 rings (SSSR count). The van der Waals surface area contributed by atoms with Crippen LogP contribution in [0.2, 0.25) is 18.1 Å². The Balaban J connectivity index is 1.84. The number of aliphatic hydroxyl groups is 1. The Labute approximate surface area is 289 Å². The van der Waals surface area contributed by atoms with E-state index in [9.17, 15) is 18.3 Å². The highest BCUT2D eigenvalue weighted by Gasteiger charge is 2.38. The minimum Gasteiger partial charge on any atom is -0.454 e. The van der Waals surface area contributed by atoms with Gasteiger partial charge in [0.15, 0.2) is 19.8 Å². The molecule has 1 aliphatic rings.